The van der Waals surface area contributed by atoms with Crippen molar-refractivity contribution in [3.8, 4) is 11.1 Å². The van der Waals surface area contributed by atoms with Gasteiger partial charge in [0.25, 0.3) is 5.91 Å². The van der Waals surface area contributed by atoms with E-state index in [0.29, 0.717) is 11.1 Å². The van der Waals surface area contributed by atoms with Gasteiger partial charge in [-0.2, -0.15) is 13.2 Å². The van der Waals surface area contributed by atoms with Crippen molar-refractivity contribution in [1.82, 2.24) is 9.97 Å². The Balaban J connectivity index is 1.70. The first-order chi connectivity index (χ1) is 17.5. The lowest BCUT2D eigenvalue weighted by Gasteiger charge is -2.14. The number of fused-ring (bicyclic) bond motifs is 1. The van der Waals surface area contributed by atoms with Crippen LogP contribution in [0.4, 0.5) is 29.1 Å². The lowest BCUT2D eigenvalue weighted by Crippen LogP contribution is -2.14. The Bertz CT molecular complexity index is 1540. The van der Waals surface area contributed by atoms with E-state index in [1.54, 1.807) is 26.0 Å². The van der Waals surface area contributed by atoms with Gasteiger partial charge < -0.3 is 15.8 Å². The molecule has 0 saturated carbocycles. The lowest BCUT2D eigenvalue weighted by molar-refractivity contribution is -0.137. The van der Waals surface area contributed by atoms with Crippen LogP contribution in [-0.4, -0.2) is 28.5 Å². The average molecular weight is 512 g/mol. The molecule has 0 fully saturated rings. The van der Waals surface area contributed by atoms with Crippen molar-refractivity contribution in [2.75, 3.05) is 17.7 Å². The van der Waals surface area contributed by atoms with E-state index >= 15 is 4.39 Å². The number of amides is 1. The molecule has 11 heteroatoms. The van der Waals surface area contributed by atoms with Crippen molar-refractivity contribution in [3.05, 3.63) is 82.9 Å². The number of carbonyl (C=O) groups is 2. The number of nitrogens with zero attached hydrogens (tertiary/aromatic N) is 2. The van der Waals surface area contributed by atoms with Crippen molar-refractivity contribution >= 4 is 34.3 Å². The molecule has 4 rings (SSSR count). The van der Waals surface area contributed by atoms with Crippen molar-refractivity contribution in [2.24, 2.45) is 0 Å². The summed E-state index contributed by atoms with van der Waals surface area (Å²) in [6, 6.07) is 11.6. The first-order valence-electron chi connectivity index (χ1n) is 11.0. The van der Waals surface area contributed by atoms with Crippen molar-refractivity contribution < 1.29 is 31.9 Å². The van der Waals surface area contributed by atoms with E-state index in [0.717, 1.165) is 18.2 Å². The maximum atomic E-state index is 15.6. The molecule has 7 nitrogen and oxygen atoms in total. The minimum Gasteiger partial charge on any atom is -0.460 e. The first kappa shape index (κ1) is 25.5. The van der Waals surface area contributed by atoms with Crippen molar-refractivity contribution in [3.63, 3.8) is 0 Å². The number of aromatic nitrogens is 2. The topological polar surface area (TPSA) is 107 Å². The van der Waals surface area contributed by atoms with E-state index in [-0.39, 0.29) is 46.0 Å². The largest absolute Gasteiger partial charge is 0.460 e. The number of benzene rings is 3. The summed E-state index contributed by atoms with van der Waals surface area (Å²) in [7, 11) is 0. The molecule has 0 spiro atoms. The zero-order chi connectivity index (χ0) is 26.9. The zero-order valence-corrected chi connectivity index (χ0v) is 19.6. The summed E-state index contributed by atoms with van der Waals surface area (Å²) < 4.78 is 59.5. The first-order valence-corrected chi connectivity index (χ1v) is 11.0. The number of esters is 1. The summed E-state index contributed by atoms with van der Waals surface area (Å²) in [4.78, 5) is 32.5. The number of aryl methyl sites for hydroxylation is 1. The van der Waals surface area contributed by atoms with E-state index in [2.05, 4.69) is 15.3 Å². The van der Waals surface area contributed by atoms with Crippen LogP contribution in [0.5, 0.6) is 0 Å². The second-order valence-electron chi connectivity index (χ2n) is 8.04. The van der Waals surface area contributed by atoms with Crippen LogP contribution in [0.3, 0.4) is 0 Å². The van der Waals surface area contributed by atoms with Gasteiger partial charge in [0.15, 0.2) is 0 Å². The Hall–Kier alpha value is -4.54. The number of nitrogens with one attached hydrogen (secondary N) is 1. The monoisotopic (exact) mass is 512 g/mol. The Morgan fingerprint density at radius 3 is 2.49 bits per heavy atom. The number of ether oxygens (including phenoxy) is 1. The fraction of sp³-hybridized carbons (Fsp3) is 0.154. The molecule has 0 aliphatic rings. The number of carbonyl (C=O) groups excluding carboxylic acids is 2. The van der Waals surface area contributed by atoms with Gasteiger partial charge in [0.1, 0.15) is 11.6 Å². The van der Waals surface area contributed by atoms with E-state index in [1.165, 1.54) is 24.3 Å². The molecule has 0 saturated heterocycles. The van der Waals surface area contributed by atoms with E-state index in [4.69, 9.17) is 10.5 Å². The highest BCUT2D eigenvalue weighted by atomic mass is 19.4. The summed E-state index contributed by atoms with van der Waals surface area (Å²) in [5, 5.41) is 2.45. The van der Waals surface area contributed by atoms with Crippen LogP contribution < -0.4 is 11.1 Å². The van der Waals surface area contributed by atoms with Gasteiger partial charge in [-0.3, -0.25) is 4.79 Å². The smallest absolute Gasteiger partial charge is 0.416 e. The molecule has 190 valence electrons. The van der Waals surface area contributed by atoms with E-state index < -0.39 is 29.4 Å². The number of rotatable bonds is 5. The normalized spacial score (nSPS) is 11.4. The number of halogens is 4. The standard InChI is InChI=1S/C26H20F4N4O3/c1-3-37-25(36)23-33-19-10-9-17(21(27)20(19)22(31)34-23)18-12-16(8-7-13(18)2)32-24(35)14-5-4-6-15(11-14)26(28,29)30/h4-12H,3H2,1-2H3,(H,32,35)(H2,31,33,34). The van der Waals surface area contributed by atoms with Crippen molar-refractivity contribution in [1.29, 1.82) is 0 Å². The Kier molecular flexibility index (Phi) is 6.80. The van der Waals surface area contributed by atoms with Crippen LogP contribution in [0.1, 0.15) is 39.0 Å². The van der Waals surface area contributed by atoms with Crippen LogP contribution in [-0.2, 0) is 10.9 Å². The van der Waals surface area contributed by atoms with Gasteiger partial charge in [-0.15, -0.1) is 0 Å². The average Bonchev–Trinajstić information content (AvgIpc) is 2.85. The molecule has 0 radical (unpaired) electrons. The van der Waals surface area contributed by atoms with Crippen LogP contribution in [0, 0.1) is 12.7 Å². The highest BCUT2D eigenvalue weighted by Gasteiger charge is 2.31. The molecule has 4 aromatic rings. The molecular weight excluding hydrogens is 492 g/mol. The maximum Gasteiger partial charge on any atom is 0.416 e. The van der Waals surface area contributed by atoms with Crippen LogP contribution in [0.25, 0.3) is 22.0 Å². The predicted molar refractivity (Wildman–Crippen MR) is 129 cm³/mol. The van der Waals surface area contributed by atoms with Gasteiger partial charge in [-0.1, -0.05) is 12.1 Å². The second-order valence-corrected chi connectivity index (χ2v) is 8.04. The summed E-state index contributed by atoms with van der Waals surface area (Å²) in [5.41, 5.74) is 6.32. The Morgan fingerprint density at radius 1 is 1.03 bits per heavy atom. The number of nitrogens with two attached hydrogens (primary N) is 1. The lowest BCUT2D eigenvalue weighted by atomic mass is 9.97. The molecule has 1 heterocycles. The maximum absolute atomic E-state index is 15.6. The molecular formula is C26H20F4N4O3. The Labute approximate surface area is 208 Å². The van der Waals surface area contributed by atoms with Gasteiger partial charge in [-0.25, -0.2) is 19.2 Å². The number of anilines is 2. The molecule has 3 aromatic carbocycles. The summed E-state index contributed by atoms with van der Waals surface area (Å²) >= 11 is 0. The zero-order valence-electron chi connectivity index (χ0n) is 19.6. The number of hydrogen-bond acceptors (Lipinski definition) is 6. The molecule has 0 bridgehead atoms. The fourth-order valence-corrected chi connectivity index (χ4v) is 3.74. The third kappa shape index (κ3) is 5.20. The summed E-state index contributed by atoms with van der Waals surface area (Å²) in [6.07, 6.45) is -4.59. The fourth-order valence-electron chi connectivity index (χ4n) is 3.74. The SMILES string of the molecule is CCOC(=O)c1nc(N)c2c(F)c(-c3cc(NC(=O)c4cccc(C(F)(F)F)c4)ccc3C)ccc2n1. The second kappa shape index (κ2) is 9.84. The van der Waals surface area contributed by atoms with Gasteiger partial charge >= 0.3 is 12.1 Å². The number of hydrogen-bond donors (Lipinski definition) is 2. The molecule has 37 heavy (non-hydrogen) atoms. The highest BCUT2D eigenvalue weighted by molar-refractivity contribution is 6.05. The van der Waals surface area contributed by atoms with E-state index in [9.17, 15) is 22.8 Å². The van der Waals surface area contributed by atoms with Gasteiger partial charge in [0.2, 0.25) is 5.82 Å². The highest BCUT2D eigenvalue weighted by Crippen LogP contribution is 2.34. The third-order valence-electron chi connectivity index (χ3n) is 5.52. The molecule has 1 aromatic heterocycles. The predicted octanol–water partition coefficient (Wildman–Crippen LogP) is 5.77. The molecule has 0 unspecified atom stereocenters. The molecule has 0 atom stereocenters. The van der Waals surface area contributed by atoms with Crippen LogP contribution in [0.2, 0.25) is 0 Å². The summed E-state index contributed by atoms with van der Waals surface area (Å²) in [6.45, 7) is 3.45. The minimum atomic E-state index is -4.59. The number of nitrogen functional groups attached to an aromatic ring is 1. The van der Waals surface area contributed by atoms with E-state index in [1.807, 2.05) is 0 Å². The van der Waals surface area contributed by atoms with Gasteiger partial charge in [0, 0.05) is 16.8 Å². The quantitative estimate of drug-likeness (QED) is 0.260. The van der Waals surface area contributed by atoms with Crippen molar-refractivity contribution in [2.45, 2.75) is 20.0 Å². The summed E-state index contributed by atoms with van der Waals surface area (Å²) in [5.74, 6) is -2.84. The molecule has 0 aliphatic carbocycles. The van der Waals surface area contributed by atoms with Crippen LogP contribution >= 0.6 is 0 Å². The third-order valence-corrected chi connectivity index (χ3v) is 5.52. The van der Waals surface area contributed by atoms with Gasteiger partial charge in [-0.05, 0) is 67.4 Å². The molecule has 0 aliphatic heterocycles. The Morgan fingerprint density at radius 2 is 1.78 bits per heavy atom. The molecule has 1 amide bonds. The van der Waals surface area contributed by atoms with Gasteiger partial charge in [0.05, 0.1) is 23.1 Å². The van der Waals surface area contributed by atoms with Crippen LogP contribution in [0.15, 0.2) is 54.6 Å². The molecule has 3 N–H and O–H groups in total. The minimum absolute atomic E-state index is 0.0941. The number of alkyl halides is 3.